The van der Waals surface area contributed by atoms with Crippen molar-refractivity contribution in [2.24, 2.45) is 19.2 Å². The Labute approximate surface area is 297 Å². The lowest BCUT2D eigenvalue weighted by Gasteiger charge is -2.27. The number of halogens is 2. The molecule has 0 atom stereocenters. The molecule has 1 saturated heterocycles. The Morgan fingerprint density at radius 2 is 1.88 bits per heavy atom. The molecule has 8 nitrogen and oxygen atoms in total. The number of hydrazone groups is 1. The smallest absolute Gasteiger partial charge is 0.352 e. The van der Waals surface area contributed by atoms with Crippen LogP contribution in [0.3, 0.4) is 0 Å². The van der Waals surface area contributed by atoms with E-state index in [1.807, 2.05) is 42.2 Å². The van der Waals surface area contributed by atoms with Gasteiger partial charge in [-0.15, -0.1) is 23.5 Å². The molecule has 5 aromatic rings. The first-order chi connectivity index (χ1) is 23.8. The van der Waals surface area contributed by atoms with Gasteiger partial charge in [0.2, 0.25) is 0 Å². The molecule has 1 fully saturated rings. The number of piperidine rings is 1. The molecule has 254 valence electrons. The van der Waals surface area contributed by atoms with Crippen molar-refractivity contribution in [3.8, 4) is 5.75 Å². The zero-order valence-electron chi connectivity index (χ0n) is 27.4. The minimum atomic E-state index is -0.985. The molecule has 0 amide bonds. The molecular weight excluding hydrogens is 681 g/mol. The number of aromatic nitrogens is 3. The normalized spacial score (nSPS) is 18.0. The van der Waals surface area contributed by atoms with Crippen molar-refractivity contribution in [3.63, 3.8) is 0 Å². The number of carboxylic acids is 1. The molecule has 49 heavy (non-hydrogen) atoms. The van der Waals surface area contributed by atoms with Gasteiger partial charge in [-0.05, 0) is 91.6 Å². The van der Waals surface area contributed by atoms with Gasteiger partial charge in [-0.2, -0.15) is 10.2 Å². The van der Waals surface area contributed by atoms with E-state index in [1.165, 1.54) is 12.1 Å². The van der Waals surface area contributed by atoms with Crippen LogP contribution in [0.5, 0.6) is 5.75 Å². The fourth-order valence-electron chi connectivity index (χ4n) is 6.77. The number of ether oxygens (including phenoxy) is 1. The summed E-state index contributed by atoms with van der Waals surface area (Å²) < 4.78 is 24.4. The van der Waals surface area contributed by atoms with Crippen LogP contribution in [0.2, 0.25) is 5.02 Å². The number of aryl methyl sites for hydroxylation is 3. The Balaban J connectivity index is 1.28. The van der Waals surface area contributed by atoms with Crippen LogP contribution in [-0.4, -0.2) is 55.6 Å². The lowest BCUT2D eigenvalue weighted by Crippen LogP contribution is -2.23. The highest BCUT2D eigenvalue weighted by Crippen LogP contribution is 2.37. The van der Waals surface area contributed by atoms with Gasteiger partial charge in [0.15, 0.2) is 0 Å². The maximum atomic E-state index is 14.3. The average molecular weight is 718 g/mol. The number of carbonyl (C=O) groups is 1. The molecule has 12 heteroatoms. The summed E-state index contributed by atoms with van der Waals surface area (Å²) in [6, 6.07) is 14.7. The van der Waals surface area contributed by atoms with Crippen molar-refractivity contribution < 1.29 is 19.0 Å². The summed E-state index contributed by atoms with van der Waals surface area (Å²) in [5, 5.41) is 25.0. The van der Waals surface area contributed by atoms with Crippen LogP contribution < -0.4 is 4.74 Å². The Hall–Kier alpha value is -3.93. The number of hydrogen-bond acceptors (Lipinski definition) is 7. The van der Waals surface area contributed by atoms with Gasteiger partial charge < -0.3 is 14.4 Å². The van der Waals surface area contributed by atoms with Crippen molar-refractivity contribution in [2.75, 3.05) is 18.9 Å². The highest BCUT2D eigenvalue weighted by Gasteiger charge is 2.24. The monoisotopic (exact) mass is 717 g/mol. The first-order valence-electron chi connectivity index (χ1n) is 16.4. The topological polar surface area (TPSA) is 84.9 Å². The SMILES string of the molecule is Cn1nc2cc1CSc1cc(c3ccc(F)cc3c1)OCCCc1c(C(=O)O)n(C)c3c(c(Cl)ccc13)/C=C1\CCCCN1/N=C/CSC2. The summed E-state index contributed by atoms with van der Waals surface area (Å²) >= 11 is 10.3. The Kier molecular flexibility index (Phi) is 9.94. The molecule has 8 bridgehead atoms. The van der Waals surface area contributed by atoms with Gasteiger partial charge in [-0.3, -0.25) is 9.69 Å². The van der Waals surface area contributed by atoms with Gasteiger partial charge in [0.05, 0.1) is 17.8 Å². The highest BCUT2D eigenvalue weighted by atomic mass is 35.5. The maximum Gasteiger partial charge on any atom is 0.352 e. The molecule has 0 aliphatic carbocycles. The zero-order chi connectivity index (χ0) is 34.1. The Bertz CT molecular complexity index is 2120. The molecule has 0 radical (unpaired) electrons. The van der Waals surface area contributed by atoms with Crippen LogP contribution in [0.1, 0.15) is 58.7 Å². The summed E-state index contributed by atoms with van der Waals surface area (Å²) in [6.45, 7) is 1.17. The fraction of sp³-hybridized carbons (Fsp3) is 0.324. The third-order valence-electron chi connectivity index (χ3n) is 9.10. The standard InChI is InChI=1S/C37H37ClFN5O3S2/c1-42-35-31-10-11-33(38)32(35)19-26-6-3-4-13-44(26)40-12-15-48-21-25-18-27(43(2)41-25)22-49-28-17-23-16-24(39)8-9-29(23)34(20-28)47-14-5-7-30(31)36(42)37(45)46/h8-12,16-20H,3-7,13-15,21-22H2,1-2H3,(H,45,46)/b26-19+,40-12+. The summed E-state index contributed by atoms with van der Waals surface area (Å²) in [7, 11) is 3.76. The second-order valence-corrected chi connectivity index (χ2v) is 14.8. The largest absolute Gasteiger partial charge is 0.493 e. The van der Waals surface area contributed by atoms with Crippen molar-refractivity contribution in [1.29, 1.82) is 0 Å². The van der Waals surface area contributed by atoms with E-state index in [9.17, 15) is 14.3 Å². The predicted molar refractivity (Wildman–Crippen MR) is 199 cm³/mol. The predicted octanol–water partition coefficient (Wildman–Crippen LogP) is 8.92. The lowest BCUT2D eigenvalue weighted by molar-refractivity contribution is 0.0685. The van der Waals surface area contributed by atoms with Gasteiger partial charge in [-0.1, -0.05) is 17.7 Å². The number of hydrogen-bond donors (Lipinski definition) is 1. The molecule has 2 aliphatic rings. The second kappa shape index (κ2) is 14.5. The van der Waals surface area contributed by atoms with E-state index in [1.54, 1.807) is 41.2 Å². The lowest BCUT2D eigenvalue weighted by atomic mass is 10.0. The average Bonchev–Trinajstić information content (AvgIpc) is 3.58. The van der Waals surface area contributed by atoms with E-state index >= 15 is 0 Å². The van der Waals surface area contributed by atoms with Gasteiger partial charge in [0, 0.05) is 81.8 Å². The van der Waals surface area contributed by atoms with E-state index in [-0.39, 0.29) is 11.5 Å². The van der Waals surface area contributed by atoms with E-state index in [0.717, 1.165) is 92.1 Å². The molecule has 4 heterocycles. The number of thioether (sulfide) groups is 2. The minimum absolute atomic E-state index is 0.246. The van der Waals surface area contributed by atoms with Gasteiger partial charge in [0.1, 0.15) is 17.3 Å². The molecule has 2 aromatic heterocycles. The van der Waals surface area contributed by atoms with Crippen LogP contribution in [0.4, 0.5) is 4.39 Å². The van der Waals surface area contributed by atoms with Crippen molar-refractivity contribution >= 4 is 75.1 Å². The summed E-state index contributed by atoms with van der Waals surface area (Å²) in [4.78, 5) is 13.6. The molecule has 0 spiro atoms. The summed E-state index contributed by atoms with van der Waals surface area (Å²) in [6.07, 6.45) is 8.06. The minimum Gasteiger partial charge on any atom is -0.493 e. The molecule has 2 aliphatic heterocycles. The number of fused-ring (bicyclic) bond motifs is 7. The first-order valence-corrected chi connectivity index (χ1v) is 18.9. The van der Waals surface area contributed by atoms with Crippen LogP contribution >= 0.6 is 35.1 Å². The van der Waals surface area contributed by atoms with E-state index in [0.29, 0.717) is 36.0 Å². The number of rotatable bonds is 1. The van der Waals surface area contributed by atoms with Crippen LogP contribution in [0.25, 0.3) is 27.8 Å². The zero-order valence-corrected chi connectivity index (χ0v) is 29.8. The Morgan fingerprint density at radius 3 is 2.73 bits per heavy atom. The Morgan fingerprint density at radius 1 is 1.02 bits per heavy atom. The number of benzene rings is 3. The van der Waals surface area contributed by atoms with Crippen molar-refractivity contribution in [3.05, 3.63) is 93.3 Å². The third kappa shape index (κ3) is 7.07. The highest BCUT2D eigenvalue weighted by molar-refractivity contribution is 7.99. The molecule has 7 rings (SSSR count). The van der Waals surface area contributed by atoms with Crippen molar-refractivity contribution in [2.45, 2.75) is 48.5 Å². The molecule has 1 N–H and O–H groups in total. The molecule has 3 aromatic carbocycles. The van der Waals surface area contributed by atoms with E-state index in [2.05, 4.69) is 17.2 Å². The molecule has 0 unspecified atom stereocenters. The number of aromatic carboxylic acids is 1. The van der Waals surface area contributed by atoms with E-state index in [4.69, 9.17) is 26.5 Å². The quantitative estimate of drug-likeness (QED) is 0.185. The van der Waals surface area contributed by atoms with Crippen molar-refractivity contribution in [1.82, 2.24) is 19.4 Å². The number of nitrogens with zero attached hydrogens (tertiary/aromatic N) is 5. The molecular formula is C37H37ClFN5O3S2. The second-order valence-electron chi connectivity index (χ2n) is 12.4. The van der Waals surface area contributed by atoms with Crippen LogP contribution in [-0.2, 0) is 32.0 Å². The van der Waals surface area contributed by atoms with Gasteiger partial charge in [-0.25, -0.2) is 9.18 Å². The van der Waals surface area contributed by atoms with Gasteiger partial charge in [0.25, 0.3) is 0 Å². The number of carboxylic acid groups (broad SMARTS) is 1. The summed E-state index contributed by atoms with van der Waals surface area (Å²) in [5.41, 5.74) is 5.76. The maximum absolute atomic E-state index is 14.3. The summed E-state index contributed by atoms with van der Waals surface area (Å²) in [5.74, 6) is 1.58. The molecule has 0 saturated carbocycles. The van der Waals surface area contributed by atoms with Gasteiger partial charge >= 0.3 is 5.97 Å². The number of allylic oxidation sites excluding steroid dienone is 1. The van der Waals surface area contributed by atoms with E-state index < -0.39 is 5.97 Å². The van der Waals surface area contributed by atoms with Crippen LogP contribution in [0, 0.1) is 5.82 Å². The fourth-order valence-corrected chi connectivity index (χ4v) is 8.61. The van der Waals surface area contributed by atoms with Crippen LogP contribution in [0.15, 0.2) is 64.2 Å². The first kappa shape index (κ1) is 33.6. The third-order valence-corrected chi connectivity index (χ3v) is 11.3.